The zero-order valence-electron chi connectivity index (χ0n) is 9.14. The molecule has 0 aliphatic carbocycles. The van der Waals surface area contributed by atoms with Crippen LogP contribution in [0.2, 0.25) is 0 Å². The van der Waals surface area contributed by atoms with Crippen molar-refractivity contribution in [1.29, 1.82) is 0 Å². The number of hydrogen-bond donors (Lipinski definition) is 2. The summed E-state index contributed by atoms with van der Waals surface area (Å²) >= 11 is 0. The Morgan fingerprint density at radius 1 is 1.47 bits per heavy atom. The number of amides is 1. The van der Waals surface area contributed by atoms with E-state index in [4.69, 9.17) is 9.84 Å². The van der Waals surface area contributed by atoms with Gasteiger partial charge in [-0.05, 0) is 13.8 Å². The molecule has 0 aliphatic heterocycles. The first-order valence-electron chi connectivity index (χ1n) is 4.53. The van der Waals surface area contributed by atoms with Crippen molar-refractivity contribution in [2.45, 2.75) is 31.8 Å². The molecule has 0 heterocycles. The fourth-order valence-electron chi connectivity index (χ4n) is 0.805. The summed E-state index contributed by atoms with van der Waals surface area (Å²) < 4.78 is 30.0. The Hall–Kier alpha value is -0.750. The summed E-state index contributed by atoms with van der Waals surface area (Å²) in [6.45, 7) is 1.22. The second kappa shape index (κ2) is 5.37. The Bertz CT molecular complexity index is 219. The van der Waals surface area contributed by atoms with Gasteiger partial charge >= 0.3 is 0 Å². The highest BCUT2D eigenvalue weighted by Crippen LogP contribution is 2.13. The number of hydrogen-bond acceptors (Lipinski definition) is 3. The SMILES string of the molecule is COC(C)(C)CC(=O)NCC(F)(F)CO. The minimum atomic E-state index is -3.27. The van der Waals surface area contributed by atoms with E-state index in [9.17, 15) is 13.6 Å². The third-order valence-corrected chi connectivity index (χ3v) is 1.91. The molecular weight excluding hydrogens is 208 g/mol. The van der Waals surface area contributed by atoms with Gasteiger partial charge in [-0.2, -0.15) is 0 Å². The van der Waals surface area contributed by atoms with Gasteiger partial charge in [0.2, 0.25) is 5.91 Å². The first-order valence-corrected chi connectivity index (χ1v) is 4.53. The highest BCUT2D eigenvalue weighted by molar-refractivity contribution is 5.76. The van der Waals surface area contributed by atoms with Crippen molar-refractivity contribution in [3.8, 4) is 0 Å². The fourth-order valence-corrected chi connectivity index (χ4v) is 0.805. The molecule has 2 N–H and O–H groups in total. The normalized spacial score (nSPS) is 12.7. The molecule has 0 rings (SSSR count). The van der Waals surface area contributed by atoms with Crippen LogP contribution in [0.1, 0.15) is 20.3 Å². The van der Waals surface area contributed by atoms with Crippen LogP contribution >= 0.6 is 0 Å². The van der Waals surface area contributed by atoms with Gasteiger partial charge in [0.25, 0.3) is 5.92 Å². The number of aliphatic hydroxyl groups excluding tert-OH is 1. The second-order valence-corrected chi connectivity index (χ2v) is 3.93. The average Bonchev–Trinajstić information content (AvgIpc) is 2.15. The lowest BCUT2D eigenvalue weighted by Crippen LogP contribution is -2.41. The molecule has 0 atom stereocenters. The number of methoxy groups -OCH3 is 1. The van der Waals surface area contributed by atoms with Gasteiger partial charge in [-0.25, -0.2) is 8.78 Å². The van der Waals surface area contributed by atoms with Gasteiger partial charge in [0.1, 0.15) is 6.61 Å². The maximum Gasteiger partial charge on any atom is 0.287 e. The van der Waals surface area contributed by atoms with E-state index in [0.717, 1.165) is 0 Å². The van der Waals surface area contributed by atoms with Crippen LogP contribution in [-0.4, -0.2) is 42.8 Å². The Morgan fingerprint density at radius 3 is 2.40 bits per heavy atom. The van der Waals surface area contributed by atoms with Gasteiger partial charge in [0.05, 0.1) is 18.6 Å². The van der Waals surface area contributed by atoms with Gasteiger partial charge < -0.3 is 15.2 Å². The van der Waals surface area contributed by atoms with Crippen LogP contribution in [0.15, 0.2) is 0 Å². The van der Waals surface area contributed by atoms with Crippen LogP contribution in [0.5, 0.6) is 0 Å². The molecular formula is C9H17F2NO3. The lowest BCUT2D eigenvalue weighted by Gasteiger charge is -2.22. The highest BCUT2D eigenvalue weighted by Gasteiger charge is 2.29. The molecule has 0 aromatic heterocycles. The smallest absolute Gasteiger partial charge is 0.287 e. The van der Waals surface area contributed by atoms with Crippen LogP contribution < -0.4 is 5.32 Å². The van der Waals surface area contributed by atoms with Crippen molar-refractivity contribution in [3.63, 3.8) is 0 Å². The summed E-state index contributed by atoms with van der Waals surface area (Å²) in [6, 6.07) is 0. The van der Waals surface area contributed by atoms with Crippen LogP contribution in [0.4, 0.5) is 8.78 Å². The van der Waals surface area contributed by atoms with E-state index in [0.29, 0.717) is 0 Å². The molecule has 6 heteroatoms. The van der Waals surface area contributed by atoms with Crippen molar-refractivity contribution in [2.24, 2.45) is 0 Å². The fraction of sp³-hybridized carbons (Fsp3) is 0.889. The summed E-state index contributed by atoms with van der Waals surface area (Å²) in [4.78, 5) is 11.2. The van der Waals surface area contributed by atoms with E-state index in [1.54, 1.807) is 13.8 Å². The molecule has 0 aromatic rings. The first-order chi connectivity index (χ1) is 6.72. The Kier molecular flexibility index (Phi) is 5.10. The molecule has 0 bridgehead atoms. The number of rotatable bonds is 6. The monoisotopic (exact) mass is 225 g/mol. The number of alkyl halides is 2. The zero-order valence-corrected chi connectivity index (χ0v) is 9.14. The van der Waals surface area contributed by atoms with Crippen LogP contribution in [0.3, 0.4) is 0 Å². The predicted molar refractivity (Wildman–Crippen MR) is 50.7 cm³/mol. The largest absolute Gasteiger partial charge is 0.390 e. The van der Waals surface area contributed by atoms with E-state index in [1.165, 1.54) is 7.11 Å². The van der Waals surface area contributed by atoms with Gasteiger partial charge in [0.15, 0.2) is 0 Å². The third kappa shape index (κ3) is 6.35. The Morgan fingerprint density at radius 2 is 2.00 bits per heavy atom. The number of halogens is 2. The molecule has 0 saturated carbocycles. The molecule has 0 fully saturated rings. The molecule has 15 heavy (non-hydrogen) atoms. The summed E-state index contributed by atoms with van der Waals surface area (Å²) in [5.41, 5.74) is -0.682. The van der Waals surface area contributed by atoms with Crippen LogP contribution in [-0.2, 0) is 9.53 Å². The topological polar surface area (TPSA) is 58.6 Å². The van der Waals surface area contributed by atoms with Crippen LogP contribution in [0, 0.1) is 0 Å². The van der Waals surface area contributed by atoms with Crippen LogP contribution in [0.25, 0.3) is 0 Å². The standard InChI is InChI=1S/C9H17F2NO3/c1-8(2,15-3)4-7(14)12-5-9(10,11)6-13/h13H,4-6H2,1-3H3,(H,12,14). The number of carbonyl (C=O) groups is 1. The molecule has 90 valence electrons. The summed E-state index contributed by atoms with van der Waals surface area (Å²) in [7, 11) is 1.44. The Labute approximate surface area is 87.6 Å². The van der Waals surface area contributed by atoms with E-state index in [2.05, 4.69) is 0 Å². The van der Waals surface area contributed by atoms with Crippen molar-refractivity contribution in [3.05, 3.63) is 0 Å². The number of nitrogens with one attached hydrogen (secondary N) is 1. The second-order valence-electron chi connectivity index (χ2n) is 3.93. The maximum atomic E-state index is 12.5. The minimum Gasteiger partial charge on any atom is -0.390 e. The average molecular weight is 225 g/mol. The minimum absolute atomic E-state index is 0.00892. The van der Waals surface area contributed by atoms with Crippen molar-refractivity contribution < 1.29 is 23.4 Å². The van der Waals surface area contributed by atoms with Gasteiger partial charge in [-0.1, -0.05) is 0 Å². The predicted octanol–water partition coefficient (Wildman–Crippen LogP) is 0.545. The van der Waals surface area contributed by atoms with Gasteiger partial charge in [-0.15, -0.1) is 0 Å². The quantitative estimate of drug-likeness (QED) is 0.694. The Balaban J connectivity index is 3.96. The molecule has 0 aromatic carbocycles. The summed E-state index contributed by atoms with van der Waals surface area (Å²) in [6.07, 6.45) is -0.00892. The number of carbonyl (C=O) groups excluding carboxylic acids is 1. The van der Waals surface area contributed by atoms with Gasteiger partial charge in [0, 0.05) is 7.11 Å². The van der Waals surface area contributed by atoms with E-state index in [-0.39, 0.29) is 6.42 Å². The third-order valence-electron chi connectivity index (χ3n) is 1.91. The van der Waals surface area contributed by atoms with Crippen molar-refractivity contribution >= 4 is 5.91 Å². The summed E-state index contributed by atoms with van der Waals surface area (Å²) in [5.74, 6) is -3.80. The molecule has 1 amide bonds. The van der Waals surface area contributed by atoms with Crippen molar-refractivity contribution in [2.75, 3.05) is 20.3 Å². The molecule has 0 aliphatic rings. The molecule has 0 saturated heterocycles. The maximum absolute atomic E-state index is 12.5. The van der Waals surface area contributed by atoms with E-state index < -0.39 is 30.6 Å². The lowest BCUT2D eigenvalue weighted by molar-refractivity contribution is -0.128. The molecule has 0 spiro atoms. The lowest BCUT2D eigenvalue weighted by atomic mass is 10.1. The van der Waals surface area contributed by atoms with E-state index >= 15 is 0 Å². The number of aliphatic hydroxyl groups is 1. The van der Waals surface area contributed by atoms with Gasteiger partial charge in [-0.3, -0.25) is 4.79 Å². The highest BCUT2D eigenvalue weighted by atomic mass is 19.3. The molecule has 4 nitrogen and oxygen atoms in total. The zero-order chi connectivity index (χ0) is 12.1. The number of ether oxygens (including phenoxy) is 1. The van der Waals surface area contributed by atoms with Crippen molar-refractivity contribution in [1.82, 2.24) is 5.32 Å². The first kappa shape index (κ1) is 14.2. The van der Waals surface area contributed by atoms with E-state index in [1.807, 2.05) is 5.32 Å². The summed E-state index contributed by atoms with van der Waals surface area (Å²) in [5, 5.41) is 10.3. The molecule has 0 radical (unpaired) electrons. The molecule has 0 unspecified atom stereocenters.